The molecule has 1 aromatic heterocycles. The number of carbonyl (C=O) groups is 1. The predicted molar refractivity (Wildman–Crippen MR) is 103 cm³/mol. The molecule has 1 heterocycles. The number of rotatable bonds is 13. The number of nitrogens with one attached hydrogen (secondary N) is 1. The van der Waals surface area contributed by atoms with Gasteiger partial charge in [0, 0.05) is 0 Å². The van der Waals surface area contributed by atoms with Crippen LogP contribution in [0.15, 0.2) is 18.5 Å². The van der Waals surface area contributed by atoms with Crippen molar-refractivity contribution >= 4 is 27.0 Å². The first-order chi connectivity index (χ1) is 11.7. The number of unbranched alkanes of at least 4 members (excludes halogenated alkanes) is 1. The van der Waals surface area contributed by atoms with Crippen LogP contribution < -0.4 is 5.32 Å². The van der Waals surface area contributed by atoms with Gasteiger partial charge in [0.1, 0.15) is 0 Å². The maximum atomic E-state index is 12.2. The van der Waals surface area contributed by atoms with Crippen molar-refractivity contribution in [2.45, 2.75) is 55.3 Å². The molecule has 0 saturated heterocycles. The molecule has 0 atom stereocenters. The van der Waals surface area contributed by atoms with E-state index >= 15 is 0 Å². The van der Waals surface area contributed by atoms with Crippen molar-refractivity contribution in [3.05, 3.63) is 29.6 Å². The summed E-state index contributed by atoms with van der Waals surface area (Å²) in [6.07, 6.45) is 8.18. The van der Waals surface area contributed by atoms with Crippen molar-refractivity contribution in [2.24, 2.45) is 0 Å². The van der Waals surface area contributed by atoms with E-state index in [2.05, 4.69) is 36.0 Å². The van der Waals surface area contributed by atoms with E-state index in [1.54, 1.807) is 6.20 Å². The Morgan fingerprint density at radius 2 is 1.88 bits per heavy atom. The van der Waals surface area contributed by atoms with Crippen LogP contribution in [-0.4, -0.2) is 63.1 Å². The fourth-order valence-electron chi connectivity index (χ4n) is 2.71. The molecule has 0 bridgehead atoms. The number of hydrogen-bond acceptors (Lipinski definition) is 3. The molecule has 0 aliphatic rings. The van der Waals surface area contributed by atoms with Gasteiger partial charge in [-0.25, -0.2) is 0 Å². The zero-order valence-electron chi connectivity index (χ0n) is 15.6. The van der Waals surface area contributed by atoms with Gasteiger partial charge in [-0.2, -0.15) is 0 Å². The third-order valence-corrected chi connectivity index (χ3v) is 7.21. The topological polar surface area (TPSA) is 45.2 Å². The van der Waals surface area contributed by atoms with Crippen molar-refractivity contribution in [2.75, 3.05) is 26.2 Å². The molecule has 1 amide bonds. The fraction of sp³-hybridized carbons (Fsp3) is 0.684. The van der Waals surface area contributed by atoms with Crippen LogP contribution in [0.4, 0.5) is 0 Å². The van der Waals surface area contributed by atoms with Crippen molar-refractivity contribution in [1.29, 1.82) is 0 Å². The van der Waals surface area contributed by atoms with Crippen LogP contribution in [0, 0.1) is 0 Å². The van der Waals surface area contributed by atoms with E-state index in [1.165, 1.54) is 40.4 Å². The molecule has 24 heavy (non-hydrogen) atoms. The van der Waals surface area contributed by atoms with Gasteiger partial charge in [0.15, 0.2) is 0 Å². The molecule has 1 rings (SSSR count). The number of carbonyl (C=O) groups excluding carboxylic acids is 1. The van der Waals surface area contributed by atoms with Gasteiger partial charge in [-0.15, -0.1) is 0 Å². The molecule has 0 unspecified atom stereocenters. The standard InChI is InChI=1S/C17H28N3O.C2H5.Sn/c1-4-9-20(10-5-2)11-7-6-8-19-17(21)16-12-15(3)13-18-14-16;1-2;/h12-14H,3-11H2,1-2H3,(H,19,21);1H2,2H3;. The average molecular weight is 438 g/mol. The second-order valence-electron chi connectivity index (χ2n) is 6.17. The van der Waals surface area contributed by atoms with E-state index in [4.69, 9.17) is 0 Å². The summed E-state index contributed by atoms with van der Waals surface area (Å²) in [6.45, 7) is 11.0. The number of pyridine rings is 1. The summed E-state index contributed by atoms with van der Waals surface area (Å²) < 4.78 is 2.49. The predicted octanol–water partition coefficient (Wildman–Crippen LogP) is 3.36. The molecule has 0 spiro atoms. The van der Waals surface area contributed by atoms with E-state index in [1.807, 2.05) is 12.3 Å². The third kappa shape index (κ3) is 9.02. The Hall–Kier alpha value is -0.621. The van der Waals surface area contributed by atoms with Gasteiger partial charge in [-0.05, 0) is 12.8 Å². The molecule has 0 saturated carbocycles. The van der Waals surface area contributed by atoms with Crippen LogP contribution in [0.3, 0.4) is 0 Å². The van der Waals surface area contributed by atoms with Gasteiger partial charge in [-0.1, -0.05) is 13.8 Å². The molecule has 0 aliphatic heterocycles. The van der Waals surface area contributed by atoms with E-state index < -0.39 is 0 Å². The summed E-state index contributed by atoms with van der Waals surface area (Å²) in [4.78, 5) is 19.0. The van der Waals surface area contributed by atoms with Crippen LogP contribution in [0.25, 0.3) is 0 Å². The Morgan fingerprint density at radius 1 is 1.12 bits per heavy atom. The van der Waals surface area contributed by atoms with E-state index in [0.717, 1.165) is 25.9 Å². The summed E-state index contributed by atoms with van der Waals surface area (Å²) in [5, 5.41) is 3.04. The van der Waals surface area contributed by atoms with Crippen LogP contribution in [-0.2, 0) is 4.44 Å². The Morgan fingerprint density at radius 3 is 2.54 bits per heavy atom. The van der Waals surface area contributed by atoms with Gasteiger partial charge in [0.25, 0.3) is 0 Å². The van der Waals surface area contributed by atoms with Gasteiger partial charge in [-0.3, -0.25) is 0 Å². The van der Waals surface area contributed by atoms with E-state index in [9.17, 15) is 4.79 Å². The first-order valence-corrected chi connectivity index (χ1v) is 13.4. The Bertz CT molecular complexity index is 462. The maximum absolute atomic E-state index is 12.2. The summed E-state index contributed by atoms with van der Waals surface area (Å²) in [5.41, 5.74) is 1.94. The quantitative estimate of drug-likeness (QED) is 0.380. The molecule has 4 nitrogen and oxygen atoms in total. The van der Waals surface area contributed by atoms with Crippen LogP contribution in [0.1, 0.15) is 62.4 Å². The zero-order chi connectivity index (χ0) is 17.6. The van der Waals surface area contributed by atoms with E-state index in [-0.39, 0.29) is 27.0 Å². The molecule has 1 aromatic rings. The van der Waals surface area contributed by atoms with Crippen molar-refractivity contribution in [3.63, 3.8) is 0 Å². The molecule has 2 radical (unpaired) electrons. The first-order valence-electron chi connectivity index (χ1n) is 9.36. The zero-order valence-corrected chi connectivity index (χ0v) is 18.5. The average Bonchev–Trinajstić information content (AvgIpc) is 2.60. The Balaban J connectivity index is 2.28. The summed E-state index contributed by atoms with van der Waals surface area (Å²) in [5.74, 6) is 0.0187. The molecule has 1 N–H and O–H groups in total. The Labute approximate surface area is 158 Å². The van der Waals surface area contributed by atoms with Gasteiger partial charge < -0.3 is 0 Å². The van der Waals surface area contributed by atoms with Crippen molar-refractivity contribution < 1.29 is 4.79 Å². The molecule has 0 aliphatic carbocycles. The molecule has 5 heteroatoms. The second kappa shape index (κ2) is 13.6. The summed E-state index contributed by atoms with van der Waals surface area (Å²) in [7, 11) is 0. The number of aromatic nitrogens is 1. The molecule has 0 aromatic carbocycles. The van der Waals surface area contributed by atoms with Crippen LogP contribution >= 0.6 is 0 Å². The van der Waals surface area contributed by atoms with Gasteiger partial charge >= 0.3 is 131 Å². The first kappa shape index (κ1) is 21.4. The minimum atomic E-state index is -0.296. The number of hydrogen-bond donors (Lipinski definition) is 1. The van der Waals surface area contributed by atoms with Gasteiger partial charge in [0.2, 0.25) is 0 Å². The molecular formula is C19H33N3OSn. The second-order valence-corrected chi connectivity index (χ2v) is 10.6. The normalized spacial score (nSPS) is 11.0. The van der Waals surface area contributed by atoms with E-state index in [0.29, 0.717) is 5.56 Å². The monoisotopic (exact) mass is 439 g/mol. The van der Waals surface area contributed by atoms with Crippen LogP contribution in [0.5, 0.6) is 0 Å². The number of nitrogens with zero attached hydrogens (tertiary/aromatic N) is 2. The summed E-state index contributed by atoms with van der Waals surface area (Å²) in [6, 6.07) is 2.02. The molecule has 0 fully saturated rings. The SMILES string of the molecule is CCCN(CCC)CCCCNC(=O)c1cncc([CH2][Sn][CH2]C)c1. The summed E-state index contributed by atoms with van der Waals surface area (Å²) >= 11 is -0.296. The van der Waals surface area contributed by atoms with Crippen molar-refractivity contribution in [1.82, 2.24) is 15.2 Å². The van der Waals surface area contributed by atoms with Crippen LogP contribution in [0.2, 0.25) is 4.44 Å². The van der Waals surface area contributed by atoms with Gasteiger partial charge in [0.05, 0.1) is 0 Å². The molecular weight excluding hydrogens is 405 g/mol. The van der Waals surface area contributed by atoms with Crippen molar-refractivity contribution in [3.8, 4) is 0 Å². The molecule has 134 valence electrons. The third-order valence-electron chi connectivity index (χ3n) is 3.90. The minimum absolute atomic E-state index is 0.0187. The number of amides is 1. The fourth-order valence-corrected chi connectivity index (χ4v) is 4.80. The Kier molecular flexibility index (Phi) is 12.2.